The van der Waals surface area contributed by atoms with Gasteiger partial charge in [-0.1, -0.05) is 13.8 Å². The van der Waals surface area contributed by atoms with Crippen LogP contribution in [0.25, 0.3) is 0 Å². The first-order valence-corrected chi connectivity index (χ1v) is 7.68. The Morgan fingerprint density at radius 3 is 2.40 bits per heavy atom. The third kappa shape index (κ3) is 3.32. The molecule has 0 saturated carbocycles. The van der Waals surface area contributed by atoms with Crippen molar-refractivity contribution in [2.45, 2.75) is 39.7 Å². The zero-order chi connectivity index (χ0) is 14.2. The molecule has 2 rings (SSSR count). The number of nitrogens with one attached hydrogen (secondary N) is 1. The maximum atomic E-state index is 12.3. The number of aryl methyl sites for hydroxylation is 1. The quantitative estimate of drug-likeness (QED) is 0.928. The molecule has 114 valence electrons. The van der Waals surface area contributed by atoms with E-state index in [1.807, 2.05) is 18.9 Å². The number of thiazole rings is 1. The summed E-state index contributed by atoms with van der Waals surface area (Å²) in [5.41, 5.74) is 1.06. The molecule has 1 aliphatic rings. The molecule has 1 amide bonds. The fraction of sp³-hybridized carbons (Fsp3) is 0.714. The highest BCUT2D eigenvalue weighted by Crippen LogP contribution is 2.32. The Balaban J connectivity index is 0.00000200. The van der Waals surface area contributed by atoms with Crippen LogP contribution >= 0.6 is 23.7 Å². The molecule has 1 unspecified atom stereocenters. The first-order chi connectivity index (χ1) is 8.91. The summed E-state index contributed by atoms with van der Waals surface area (Å²) in [6.45, 7) is 10.1. The van der Waals surface area contributed by atoms with Crippen molar-refractivity contribution in [2.75, 3.05) is 20.1 Å². The summed E-state index contributed by atoms with van der Waals surface area (Å²) in [5, 5.41) is 4.31. The second-order valence-corrected chi connectivity index (χ2v) is 6.70. The van der Waals surface area contributed by atoms with Gasteiger partial charge in [-0.05, 0) is 13.8 Å². The average Bonchev–Trinajstić information content (AvgIpc) is 2.67. The number of rotatable bonds is 4. The van der Waals surface area contributed by atoms with Crippen LogP contribution in [-0.2, 0) is 4.79 Å². The molecule has 1 N–H and O–H groups in total. The van der Waals surface area contributed by atoms with Crippen molar-refractivity contribution in [3.63, 3.8) is 0 Å². The van der Waals surface area contributed by atoms with Gasteiger partial charge < -0.3 is 10.2 Å². The first kappa shape index (κ1) is 17.4. The standard InChI is InChI=1S/C14H23N3OS.ClH/c1-8(2)13-16-9(3)12(19-13)10(4)17(5)14(18)11-6-15-7-11;/h8,10-11,15H,6-7H2,1-5H3;1H. The van der Waals surface area contributed by atoms with Crippen LogP contribution < -0.4 is 5.32 Å². The lowest BCUT2D eigenvalue weighted by atomic mass is 10.0. The van der Waals surface area contributed by atoms with E-state index in [4.69, 9.17) is 0 Å². The second-order valence-electron chi connectivity index (χ2n) is 5.64. The van der Waals surface area contributed by atoms with Crippen LogP contribution in [-0.4, -0.2) is 35.9 Å². The van der Waals surface area contributed by atoms with E-state index in [0.717, 1.165) is 23.8 Å². The average molecular weight is 318 g/mol. The first-order valence-electron chi connectivity index (χ1n) is 6.86. The van der Waals surface area contributed by atoms with E-state index < -0.39 is 0 Å². The maximum Gasteiger partial charge on any atom is 0.228 e. The Bertz CT molecular complexity index is 471. The molecule has 6 heteroatoms. The normalized spacial score (nSPS) is 16.5. The predicted molar refractivity (Wildman–Crippen MR) is 85.7 cm³/mol. The molecule has 1 aromatic rings. The van der Waals surface area contributed by atoms with Crippen molar-refractivity contribution >= 4 is 29.7 Å². The van der Waals surface area contributed by atoms with Gasteiger partial charge in [-0.15, -0.1) is 23.7 Å². The van der Waals surface area contributed by atoms with Crippen LogP contribution in [0, 0.1) is 12.8 Å². The van der Waals surface area contributed by atoms with Crippen molar-refractivity contribution in [1.82, 2.24) is 15.2 Å². The van der Waals surface area contributed by atoms with Gasteiger partial charge in [0.25, 0.3) is 0 Å². The lowest BCUT2D eigenvalue weighted by molar-refractivity contribution is -0.137. The molecular formula is C14H24ClN3OS. The Hall–Kier alpha value is -0.650. The molecule has 0 radical (unpaired) electrons. The summed E-state index contributed by atoms with van der Waals surface area (Å²) in [6, 6.07) is 0.109. The number of carbonyl (C=O) groups is 1. The maximum absolute atomic E-state index is 12.3. The highest BCUT2D eigenvalue weighted by Gasteiger charge is 2.31. The highest BCUT2D eigenvalue weighted by atomic mass is 35.5. The smallest absolute Gasteiger partial charge is 0.228 e. The van der Waals surface area contributed by atoms with Crippen LogP contribution in [0.4, 0.5) is 0 Å². The Morgan fingerprint density at radius 2 is 2.00 bits per heavy atom. The van der Waals surface area contributed by atoms with Crippen LogP contribution in [0.5, 0.6) is 0 Å². The zero-order valence-electron chi connectivity index (χ0n) is 12.8. The van der Waals surface area contributed by atoms with Gasteiger partial charge in [-0.25, -0.2) is 4.98 Å². The fourth-order valence-electron chi connectivity index (χ4n) is 2.18. The van der Waals surface area contributed by atoms with Crippen molar-refractivity contribution < 1.29 is 4.79 Å². The third-order valence-corrected chi connectivity index (χ3v) is 5.41. The Morgan fingerprint density at radius 1 is 1.40 bits per heavy atom. The van der Waals surface area contributed by atoms with Crippen molar-refractivity contribution in [3.8, 4) is 0 Å². The van der Waals surface area contributed by atoms with Gasteiger partial charge in [0.2, 0.25) is 5.91 Å². The Kier molecular flexibility index (Phi) is 5.98. The van der Waals surface area contributed by atoms with Gasteiger partial charge in [0.15, 0.2) is 0 Å². The van der Waals surface area contributed by atoms with E-state index in [9.17, 15) is 4.79 Å². The molecule has 0 spiro atoms. The second kappa shape index (κ2) is 6.87. The summed E-state index contributed by atoms with van der Waals surface area (Å²) >= 11 is 1.74. The van der Waals surface area contributed by atoms with E-state index in [2.05, 4.69) is 31.1 Å². The fourth-order valence-corrected chi connectivity index (χ4v) is 3.35. The van der Waals surface area contributed by atoms with Gasteiger partial charge in [0.05, 0.1) is 22.7 Å². The highest BCUT2D eigenvalue weighted by molar-refractivity contribution is 7.11. The summed E-state index contributed by atoms with van der Waals surface area (Å²) in [4.78, 5) is 20.0. The lowest BCUT2D eigenvalue weighted by Crippen LogP contribution is -2.51. The minimum atomic E-state index is 0. The SMILES string of the molecule is Cc1nc(C(C)C)sc1C(C)N(C)C(=O)C1CNC1.Cl. The number of aromatic nitrogens is 1. The molecule has 1 aliphatic heterocycles. The number of nitrogens with zero attached hydrogens (tertiary/aromatic N) is 2. The van der Waals surface area contributed by atoms with Crippen molar-refractivity contribution in [1.29, 1.82) is 0 Å². The summed E-state index contributed by atoms with van der Waals surface area (Å²) < 4.78 is 0. The van der Waals surface area contributed by atoms with Crippen LogP contribution in [0.15, 0.2) is 0 Å². The minimum Gasteiger partial charge on any atom is -0.338 e. The molecular weight excluding hydrogens is 294 g/mol. The number of hydrogen-bond acceptors (Lipinski definition) is 4. The summed E-state index contributed by atoms with van der Waals surface area (Å²) in [6.07, 6.45) is 0. The molecule has 1 saturated heterocycles. The van der Waals surface area contributed by atoms with E-state index in [-0.39, 0.29) is 30.3 Å². The third-order valence-electron chi connectivity index (χ3n) is 3.78. The molecule has 0 aliphatic carbocycles. The van der Waals surface area contributed by atoms with Gasteiger partial charge in [0, 0.05) is 30.9 Å². The van der Waals surface area contributed by atoms with E-state index >= 15 is 0 Å². The van der Waals surface area contributed by atoms with Gasteiger partial charge in [-0.3, -0.25) is 4.79 Å². The van der Waals surface area contributed by atoms with E-state index in [1.165, 1.54) is 4.88 Å². The van der Waals surface area contributed by atoms with Crippen LogP contribution in [0.1, 0.15) is 48.3 Å². The van der Waals surface area contributed by atoms with Crippen LogP contribution in [0.2, 0.25) is 0 Å². The van der Waals surface area contributed by atoms with Gasteiger partial charge >= 0.3 is 0 Å². The van der Waals surface area contributed by atoms with E-state index in [1.54, 1.807) is 11.3 Å². The number of carbonyl (C=O) groups excluding carboxylic acids is 1. The lowest BCUT2D eigenvalue weighted by Gasteiger charge is -2.33. The Labute approximate surface area is 131 Å². The van der Waals surface area contributed by atoms with Crippen molar-refractivity contribution in [2.24, 2.45) is 5.92 Å². The summed E-state index contributed by atoms with van der Waals surface area (Å²) in [7, 11) is 1.90. The molecule has 1 aromatic heterocycles. The number of hydrogen-bond donors (Lipinski definition) is 1. The number of halogens is 1. The molecule has 0 aromatic carbocycles. The van der Waals surface area contributed by atoms with Crippen LogP contribution in [0.3, 0.4) is 0 Å². The molecule has 2 heterocycles. The largest absolute Gasteiger partial charge is 0.338 e. The van der Waals surface area contributed by atoms with Crippen molar-refractivity contribution in [3.05, 3.63) is 15.6 Å². The predicted octanol–water partition coefficient (Wildman–Crippen LogP) is 2.74. The van der Waals surface area contributed by atoms with Gasteiger partial charge in [-0.2, -0.15) is 0 Å². The molecule has 1 fully saturated rings. The minimum absolute atomic E-state index is 0. The molecule has 1 atom stereocenters. The summed E-state index contributed by atoms with van der Waals surface area (Å²) in [5.74, 6) is 0.844. The molecule has 0 bridgehead atoms. The zero-order valence-corrected chi connectivity index (χ0v) is 14.4. The van der Waals surface area contributed by atoms with Gasteiger partial charge in [0.1, 0.15) is 0 Å². The topological polar surface area (TPSA) is 45.2 Å². The molecule has 20 heavy (non-hydrogen) atoms. The monoisotopic (exact) mass is 317 g/mol. The van der Waals surface area contributed by atoms with E-state index in [0.29, 0.717) is 5.92 Å². The number of amides is 1. The molecule has 4 nitrogen and oxygen atoms in total.